The Bertz CT molecular complexity index is 365. The van der Waals surface area contributed by atoms with E-state index in [4.69, 9.17) is 16.3 Å². The molecule has 18 heavy (non-hydrogen) atoms. The number of benzene rings is 1. The van der Waals surface area contributed by atoms with Crippen molar-refractivity contribution in [2.45, 2.75) is 26.3 Å². The van der Waals surface area contributed by atoms with Gasteiger partial charge >= 0.3 is 0 Å². The number of halogens is 1. The summed E-state index contributed by atoms with van der Waals surface area (Å²) < 4.78 is 5.55. The van der Waals surface area contributed by atoms with Gasteiger partial charge in [-0.1, -0.05) is 37.6 Å². The van der Waals surface area contributed by atoms with Gasteiger partial charge in [-0.05, 0) is 42.5 Å². The summed E-state index contributed by atoms with van der Waals surface area (Å²) in [6.07, 6.45) is 1.13. The molecular weight excluding hydrogens is 246 g/mol. The van der Waals surface area contributed by atoms with E-state index < -0.39 is 0 Å². The highest BCUT2D eigenvalue weighted by Crippen LogP contribution is 2.34. The standard InChI is InChI=1S/C15H22ClNO/c1-3-17-15(12-4-6-13(16)7-5-12)14-8-9-18-10-11(14)2/h4-7,11,14-15,17H,3,8-10H2,1-2H3. The van der Waals surface area contributed by atoms with E-state index in [9.17, 15) is 0 Å². The maximum Gasteiger partial charge on any atom is 0.0494 e. The van der Waals surface area contributed by atoms with Crippen molar-refractivity contribution in [3.8, 4) is 0 Å². The van der Waals surface area contributed by atoms with Crippen LogP contribution in [0, 0.1) is 11.8 Å². The van der Waals surface area contributed by atoms with Crippen molar-refractivity contribution < 1.29 is 4.74 Å². The first-order chi connectivity index (χ1) is 8.72. The molecule has 1 aliphatic rings. The summed E-state index contributed by atoms with van der Waals surface area (Å²) in [6.45, 7) is 7.18. The molecule has 0 radical (unpaired) electrons. The Balaban J connectivity index is 2.18. The van der Waals surface area contributed by atoms with E-state index in [0.717, 1.165) is 31.2 Å². The van der Waals surface area contributed by atoms with Crippen molar-refractivity contribution in [3.63, 3.8) is 0 Å². The second-order valence-electron chi connectivity index (χ2n) is 5.09. The number of nitrogens with one attached hydrogen (secondary N) is 1. The Labute approximate surface area is 115 Å². The minimum absolute atomic E-state index is 0.408. The van der Waals surface area contributed by atoms with Crippen LogP contribution in [0.2, 0.25) is 5.02 Å². The molecule has 1 fully saturated rings. The molecular formula is C15H22ClNO. The Hall–Kier alpha value is -0.570. The van der Waals surface area contributed by atoms with Gasteiger partial charge in [0.1, 0.15) is 0 Å². The minimum atomic E-state index is 0.408. The van der Waals surface area contributed by atoms with Crippen LogP contribution in [-0.2, 0) is 4.74 Å². The summed E-state index contributed by atoms with van der Waals surface area (Å²) in [7, 11) is 0. The molecule has 3 atom stereocenters. The average Bonchev–Trinajstić information content (AvgIpc) is 2.38. The van der Waals surface area contributed by atoms with Crippen molar-refractivity contribution >= 4 is 11.6 Å². The van der Waals surface area contributed by atoms with Crippen LogP contribution in [0.3, 0.4) is 0 Å². The van der Waals surface area contributed by atoms with Crippen LogP contribution in [-0.4, -0.2) is 19.8 Å². The van der Waals surface area contributed by atoms with Gasteiger partial charge in [0.2, 0.25) is 0 Å². The molecule has 0 amide bonds. The average molecular weight is 268 g/mol. The molecule has 2 nitrogen and oxygen atoms in total. The number of rotatable bonds is 4. The number of ether oxygens (including phenoxy) is 1. The van der Waals surface area contributed by atoms with E-state index in [1.54, 1.807) is 0 Å². The highest BCUT2D eigenvalue weighted by Gasteiger charge is 2.30. The van der Waals surface area contributed by atoms with Gasteiger partial charge in [0, 0.05) is 24.3 Å². The lowest BCUT2D eigenvalue weighted by atomic mass is 9.80. The third-order valence-corrected chi connectivity index (χ3v) is 4.04. The lowest BCUT2D eigenvalue weighted by Gasteiger charge is -2.36. The summed E-state index contributed by atoms with van der Waals surface area (Å²) in [5.74, 6) is 1.23. The van der Waals surface area contributed by atoms with Crippen LogP contribution < -0.4 is 5.32 Å². The Kier molecular flexibility index (Phi) is 5.04. The molecule has 3 unspecified atom stereocenters. The lowest BCUT2D eigenvalue weighted by molar-refractivity contribution is 0.0108. The molecule has 0 saturated carbocycles. The van der Waals surface area contributed by atoms with Crippen molar-refractivity contribution in [2.75, 3.05) is 19.8 Å². The Morgan fingerprint density at radius 1 is 1.39 bits per heavy atom. The summed E-state index contributed by atoms with van der Waals surface area (Å²) in [5.41, 5.74) is 1.33. The van der Waals surface area contributed by atoms with Gasteiger partial charge in [-0.2, -0.15) is 0 Å². The fraction of sp³-hybridized carbons (Fsp3) is 0.600. The van der Waals surface area contributed by atoms with Gasteiger partial charge < -0.3 is 10.1 Å². The molecule has 3 heteroatoms. The van der Waals surface area contributed by atoms with E-state index in [0.29, 0.717) is 17.9 Å². The van der Waals surface area contributed by atoms with Gasteiger partial charge in [0.05, 0.1) is 0 Å². The first-order valence-electron chi connectivity index (χ1n) is 6.79. The zero-order valence-corrected chi connectivity index (χ0v) is 11.9. The van der Waals surface area contributed by atoms with Gasteiger partial charge in [-0.3, -0.25) is 0 Å². The zero-order chi connectivity index (χ0) is 13.0. The topological polar surface area (TPSA) is 21.3 Å². The van der Waals surface area contributed by atoms with Crippen LogP contribution in [0.4, 0.5) is 0 Å². The predicted molar refractivity (Wildman–Crippen MR) is 76.0 cm³/mol. The second-order valence-corrected chi connectivity index (χ2v) is 5.53. The van der Waals surface area contributed by atoms with E-state index in [-0.39, 0.29) is 0 Å². The number of hydrogen-bond donors (Lipinski definition) is 1. The van der Waals surface area contributed by atoms with Crippen LogP contribution in [0.1, 0.15) is 31.9 Å². The van der Waals surface area contributed by atoms with Crippen molar-refractivity contribution in [2.24, 2.45) is 11.8 Å². The molecule has 0 aliphatic carbocycles. The fourth-order valence-corrected chi connectivity index (χ4v) is 2.92. The quantitative estimate of drug-likeness (QED) is 0.899. The molecule has 2 rings (SSSR count). The molecule has 0 aromatic heterocycles. The van der Waals surface area contributed by atoms with Gasteiger partial charge in [0.15, 0.2) is 0 Å². The SMILES string of the molecule is CCNC(c1ccc(Cl)cc1)C1CCOCC1C. The number of hydrogen-bond acceptors (Lipinski definition) is 2. The molecule has 100 valence electrons. The van der Waals surface area contributed by atoms with Gasteiger partial charge in [-0.25, -0.2) is 0 Å². The molecule has 1 saturated heterocycles. The van der Waals surface area contributed by atoms with Crippen molar-refractivity contribution in [3.05, 3.63) is 34.9 Å². The summed E-state index contributed by atoms with van der Waals surface area (Å²) in [4.78, 5) is 0. The second kappa shape index (κ2) is 6.55. The third-order valence-electron chi connectivity index (χ3n) is 3.79. The van der Waals surface area contributed by atoms with Crippen molar-refractivity contribution in [1.82, 2.24) is 5.32 Å². The summed E-state index contributed by atoms with van der Waals surface area (Å²) >= 11 is 5.97. The molecule has 0 bridgehead atoms. The normalized spacial score (nSPS) is 25.9. The maximum atomic E-state index is 5.97. The van der Waals surface area contributed by atoms with E-state index >= 15 is 0 Å². The molecule has 1 aromatic carbocycles. The van der Waals surface area contributed by atoms with E-state index in [1.807, 2.05) is 12.1 Å². The minimum Gasteiger partial charge on any atom is -0.381 e. The van der Waals surface area contributed by atoms with Gasteiger partial charge in [0.25, 0.3) is 0 Å². The maximum absolute atomic E-state index is 5.97. The van der Waals surface area contributed by atoms with Crippen LogP contribution >= 0.6 is 11.6 Å². The molecule has 1 aliphatic heterocycles. The summed E-state index contributed by atoms with van der Waals surface area (Å²) in [5, 5.41) is 4.42. The highest BCUT2D eigenvalue weighted by molar-refractivity contribution is 6.30. The molecule has 0 spiro atoms. The summed E-state index contributed by atoms with van der Waals surface area (Å²) in [6, 6.07) is 8.64. The fourth-order valence-electron chi connectivity index (χ4n) is 2.80. The van der Waals surface area contributed by atoms with Crippen LogP contribution in [0.5, 0.6) is 0 Å². The smallest absolute Gasteiger partial charge is 0.0494 e. The monoisotopic (exact) mass is 267 g/mol. The molecule has 1 N–H and O–H groups in total. The first kappa shape index (κ1) is 13.9. The lowest BCUT2D eigenvalue weighted by Crippen LogP contribution is -2.37. The zero-order valence-electron chi connectivity index (χ0n) is 11.2. The van der Waals surface area contributed by atoms with Gasteiger partial charge in [-0.15, -0.1) is 0 Å². The molecule has 1 heterocycles. The Morgan fingerprint density at radius 2 is 2.11 bits per heavy atom. The first-order valence-corrected chi connectivity index (χ1v) is 7.16. The van der Waals surface area contributed by atoms with Crippen LogP contribution in [0.15, 0.2) is 24.3 Å². The largest absolute Gasteiger partial charge is 0.381 e. The predicted octanol–water partition coefficient (Wildman–Crippen LogP) is 3.66. The highest BCUT2D eigenvalue weighted by atomic mass is 35.5. The van der Waals surface area contributed by atoms with Crippen molar-refractivity contribution in [1.29, 1.82) is 0 Å². The van der Waals surface area contributed by atoms with E-state index in [1.165, 1.54) is 5.56 Å². The van der Waals surface area contributed by atoms with E-state index in [2.05, 4.69) is 31.3 Å². The molecule has 1 aromatic rings. The third kappa shape index (κ3) is 3.25. The van der Waals surface area contributed by atoms with Crippen LogP contribution in [0.25, 0.3) is 0 Å². The Morgan fingerprint density at radius 3 is 2.72 bits per heavy atom.